The van der Waals surface area contributed by atoms with Gasteiger partial charge in [-0.25, -0.2) is 0 Å². The van der Waals surface area contributed by atoms with Crippen molar-refractivity contribution in [1.82, 2.24) is 0 Å². The Hall–Kier alpha value is -1.16. The van der Waals surface area contributed by atoms with Crippen LogP contribution in [-0.4, -0.2) is 29.2 Å². The van der Waals surface area contributed by atoms with Gasteiger partial charge in [0, 0.05) is 18.8 Å². The Morgan fingerprint density at radius 1 is 0.489 bits per heavy atom. The lowest BCUT2D eigenvalue weighted by atomic mass is 9.93. The first kappa shape index (κ1) is 40.3. The average molecular weight is 653 g/mol. The van der Waals surface area contributed by atoms with E-state index in [0.29, 0.717) is 11.8 Å². The number of hydrogen-bond acceptors (Lipinski definition) is 3. The van der Waals surface area contributed by atoms with Gasteiger partial charge in [0.05, 0.1) is 18.3 Å². The first-order valence-corrected chi connectivity index (χ1v) is 20.8. The topological polar surface area (TPSA) is 38.7 Å². The largest absolute Gasteiger partial charge is 0.393 e. The molecule has 1 heterocycles. The molecule has 270 valence electrons. The lowest BCUT2D eigenvalue weighted by Crippen LogP contribution is -2.37. The van der Waals surface area contributed by atoms with E-state index in [9.17, 15) is 5.11 Å². The van der Waals surface area contributed by atoms with Gasteiger partial charge in [-0.3, -0.25) is 0 Å². The lowest BCUT2D eigenvalue weighted by molar-refractivity contribution is -0.196. The molecule has 3 heteroatoms. The Labute approximate surface area is 292 Å². The van der Waals surface area contributed by atoms with Crippen molar-refractivity contribution in [2.24, 2.45) is 11.8 Å². The van der Waals surface area contributed by atoms with Crippen molar-refractivity contribution in [2.75, 3.05) is 0 Å². The molecule has 3 rings (SSSR count). The second kappa shape index (κ2) is 25.8. The van der Waals surface area contributed by atoms with Crippen molar-refractivity contribution in [3.8, 4) is 0 Å². The molecule has 0 amide bonds. The van der Waals surface area contributed by atoms with E-state index in [2.05, 4.69) is 62.5 Å². The van der Waals surface area contributed by atoms with E-state index in [4.69, 9.17) is 9.47 Å². The van der Waals surface area contributed by atoms with Crippen molar-refractivity contribution in [3.05, 3.63) is 48.6 Å². The highest BCUT2D eigenvalue weighted by molar-refractivity contribution is 5.07. The summed E-state index contributed by atoms with van der Waals surface area (Å²) in [4.78, 5) is 0. The van der Waals surface area contributed by atoms with E-state index in [1.807, 2.05) is 0 Å². The molecule has 3 aliphatic rings. The van der Waals surface area contributed by atoms with Crippen molar-refractivity contribution in [2.45, 2.75) is 218 Å². The maximum Gasteiger partial charge on any atom is 0.169 e. The highest BCUT2D eigenvalue weighted by atomic mass is 16.8. The summed E-state index contributed by atoms with van der Waals surface area (Å²) in [5.74, 6) is 0.424. The summed E-state index contributed by atoms with van der Waals surface area (Å²) < 4.78 is 13.7. The van der Waals surface area contributed by atoms with Gasteiger partial charge in [0.1, 0.15) is 0 Å². The van der Waals surface area contributed by atoms with Gasteiger partial charge in [-0.2, -0.15) is 0 Å². The third kappa shape index (κ3) is 16.4. The number of hydrogen-bond donors (Lipinski definition) is 1. The van der Waals surface area contributed by atoms with E-state index in [-0.39, 0.29) is 24.1 Å². The molecule has 47 heavy (non-hydrogen) atoms. The normalized spacial score (nSPS) is 25.1. The molecule has 0 aromatic rings. The quantitative estimate of drug-likeness (QED) is 0.0620. The Kier molecular flexibility index (Phi) is 22.1. The van der Waals surface area contributed by atoms with Crippen LogP contribution in [0.3, 0.4) is 0 Å². The molecule has 2 aliphatic carbocycles. The Bertz CT molecular complexity index is 823. The number of fused-ring (bicyclic) bond motifs is 5. The summed E-state index contributed by atoms with van der Waals surface area (Å²) in [6.07, 6.45) is 53.8. The van der Waals surface area contributed by atoms with Gasteiger partial charge in [-0.15, -0.1) is 0 Å². The van der Waals surface area contributed by atoms with E-state index in [0.717, 1.165) is 38.5 Å². The van der Waals surface area contributed by atoms with Gasteiger partial charge in [0.25, 0.3) is 0 Å². The molecule has 1 N–H and O–H groups in total. The first-order valence-electron chi connectivity index (χ1n) is 20.8. The van der Waals surface area contributed by atoms with Crippen LogP contribution in [0.4, 0.5) is 0 Å². The first-order chi connectivity index (χ1) is 23.2. The minimum atomic E-state index is -0.388. The monoisotopic (exact) mass is 653 g/mol. The van der Waals surface area contributed by atoms with Crippen molar-refractivity contribution >= 4 is 0 Å². The van der Waals surface area contributed by atoms with E-state index in [1.54, 1.807) is 0 Å². The molecule has 3 fully saturated rings. The standard InChI is InChI=1S/C44H76O3/c1-3-5-7-9-11-13-15-17-19-21-23-25-27-29-31-33-35-44(46-42-39-37-40(41(45)38-39)43(42)47-44)36-34-32-30-28-26-24-22-20-18-16-14-12-10-8-6-4-2/h11-14,17-20,39-43,45H,3-10,15-16,21-38H2,1-2H3/b13-11-,14-12-,19-17-,20-18-/t39?,40?,41?,42-,43-/m1/s1. The molecule has 5 atom stereocenters. The fourth-order valence-electron chi connectivity index (χ4n) is 8.19. The zero-order valence-electron chi connectivity index (χ0n) is 31.1. The van der Waals surface area contributed by atoms with E-state index < -0.39 is 0 Å². The van der Waals surface area contributed by atoms with Crippen molar-refractivity contribution in [1.29, 1.82) is 0 Å². The van der Waals surface area contributed by atoms with Gasteiger partial charge in [-0.1, -0.05) is 140 Å². The summed E-state index contributed by atoms with van der Waals surface area (Å²) in [5.41, 5.74) is 0. The molecule has 0 radical (unpaired) electrons. The summed E-state index contributed by atoms with van der Waals surface area (Å²) in [7, 11) is 0. The number of aliphatic hydroxyl groups is 1. The van der Waals surface area contributed by atoms with Gasteiger partial charge in [-0.05, 0) is 95.8 Å². The van der Waals surface area contributed by atoms with Gasteiger partial charge < -0.3 is 14.6 Å². The minimum Gasteiger partial charge on any atom is -0.393 e. The van der Waals surface area contributed by atoms with E-state index in [1.165, 1.54) is 141 Å². The maximum atomic E-state index is 10.5. The SMILES string of the molecule is CCCCC/C=C\C/C=C\CCCCCCCCC1(CCCCCCCC/C=C\C/C=C\CCCCC)O[C@@H]2C3CC(O)C(C3)[C@H]2O1. The third-order valence-electron chi connectivity index (χ3n) is 11.0. The summed E-state index contributed by atoms with van der Waals surface area (Å²) in [6.45, 7) is 4.53. The molecular weight excluding hydrogens is 576 g/mol. The summed E-state index contributed by atoms with van der Waals surface area (Å²) >= 11 is 0. The second-order valence-electron chi connectivity index (χ2n) is 15.2. The third-order valence-corrected chi connectivity index (χ3v) is 11.0. The molecule has 0 aromatic heterocycles. The van der Waals surface area contributed by atoms with Crippen LogP contribution in [0, 0.1) is 11.8 Å². The summed E-state index contributed by atoms with van der Waals surface area (Å²) in [5, 5.41) is 10.5. The Morgan fingerprint density at radius 2 is 0.894 bits per heavy atom. The van der Waals surface area contributed by atoms with Crippen LogP contribution >= 0.6 is 0 Å². The fraction of sp³-hybridized carbons (Fsp3) is 0.818. The predicted octanol–water partition coefficient (Wildman–Crippen LogP) is 13.3. The molecule has 2 saturated carbocycles. The molecule has 2 bridgehead atoms. The highest BCUT2D eigenvalue weighted by Crippen LogP contribution is 2.55. The fourth-order valence-corrected chi connectivity index (χ4v) is 8.19. The van der Waals surface area contributed by atoms with Gasteiger partial charge >= 0.3 is 0 Å². The minimum absolute atomic E-state index is 0.137. The highest BCUT2D eigenvalue weighted by Gasteiger charge is 2.61. The van der Waals surface area contributed by atoms with Crippen LogP contribution in [0.1, 0.15) is 194 Å². The molecular formula is C44H76O3. The van der Waals surface area contributed by atoms with Gasteiger partial charge in [0.2, 0.25) is 0 Å². The molecule has 0 aromatic carbocycles. The number of unbranched alkanes of at least 4 members (excludes halogenated alkanes) is 18. The van der Waals surface area contributed by atoms with Crippen molar-refractivity contribution < 1.29 is 14.6 Å². The smallest absolute Gasteiger partial charge is 0.169 e. The van der Waals surface area contributed by atoms with Crippen LogP contribution in [-0.2, 0) is 9.47 Å². The van der Waals surface area contributed by atoms with Crippen LogP contribution in [0.15, 0.2) is 48.6 Å². The van der Waals surface area contributed by atoms with Crippen LogP contribution < -0.4 is 0 Å². The van der Waals surface area contributed by atoms with Crippen LogP contribution in [0.25, 0.3) is 0 Å². The number of ether oxygens (including phenoxy) is 2. The molecule has 3 nitrogen and oxygen atoms in total. The number of allylic oxidation sites excluding steroid dienone is 8. The molecule has 1 saturated heterocycles. The maximum absolute atomic E-state index is 10.5. The molecule has 0 spiro atoms. The average Bonchev–Trinajstić information content (AvgIpc) is 3.74. The second-order valence-corrected chi connectivity index (χ2v) is 15.2. The number of rotatable bonds is 30. The zero-order valence-corrected chi connectivity index (χ0v) is 31.1. The van der Waals surface area contributed by atoms with Crippen LogP contribution in [0.2, 0.25) is 0 Å². The Morgan fingerprint density at radius 3 is 1.36 bits per heavy atom. The lowest BCUT2D eigenvalue weighted by Gasteiger charge is -2.30. The van der Waals surface area contributed by atoms with Crippen LogP contribution in [0.5, 0.6) is 0 Å². The van der Waals surface area contributed by atoms with Gasteiger partial charge in [0.15, 0.2) is 5.79 Å². The summed E-state index contributed by atoms with van der Waals surface area (Å²) in [6, 6.07) is 0. The predicted molar refractivity (Wildman–Crippen MR) is 203 cm³/mol. The van der Waals surface area contributed by atoms with E-state index >= 15 is 0 Å². The zero-order chi connectivity index (χ0) is 33.3. The molecule has 3 unspecified atom stereocenters. The number of aliphatic hydroxyl groups excluding tert-OH is 1. The molecule has 1 aliphatic heterocycles. The van der Waals surface area contributed by atoms with Crippen molar-refractivity contribution in [3.63, 3.8) is 0 Å². The Balaban J connectivity index is 1.23.